The summed E-state index contributed by atoms with van der Waals surface area (Å²) in [6, 6.07) is 11.2. The van der Waals surface area contributed by atoms with E-state index in [0.29, 0.717) is 12.1 Å². The van der Waals surface area contributed by atoms with Gasteiger partial charge in [0.25, 0.3) is 5.91 Å². The third-order valence-electron chi connectivity index (χ3n) is 6.83. The highest BCUT2D eigenvalue weighted by molar-refractivity contribution is 7.10. The SMILES string of the molecule is Cc1ccc(C2(C)NC(=O)N(CC(=O)NCC(c3cccs3)N3CCC(C)CC3)C2=O)cc1. The first-order valence-electron chi connectivity index (χ1n) is 11.5. The molecule has 2 unspecified atom stereocenters. The highest BCUT2D eigenvalue weighted by atomic mass is 32.1. The Balaban J connectivity index is 1.40. The normalized spacial score (nSPS) is 22.9. The lowest BCUT2D eigenvalue weighted by molar-refractivity contribution is -0.134. The molecule has 0 spiro atoms. The Labute approximate surface area is 199 Å². The van der Waals surface area contributed by atoms with Crippen LogP contribution < -0.4 is 10.6 Å². The predicted molar refractivity (Wildman–Crippen MR) is 129 cm³/mol. The van der Waals surface area contributed by atoms with Gasteiger partial charge >= 0.3 is 6.03 Å². The Morgan fingerprint density at radius 1 is 1.21 bits per heavy atom. The molecule has 2 atom stereocenters. The van der Waals surface area contributed by atoms with Crippen LogP contribution in [0.15, 0.2) is 41.8 Å². The lowest BCUT2D eigenvalue weighted by atomic mass is 9.91. The molecule has 2 aromatic rings. The number of rotatable bonds is 7. The van der Waals surface area contributed by atoms with Crippen LogP contribution in [0, 0.1) is 12.8 Å². The summed E-state index contributed by atoms with van der Waals surface area (Å²) in [4.78, 5) is 43.1. The molecule has 0 radical (unpaired) electrons. The molecule has 2 saturated heterocycles. The standard InChI is InChI=1S/C25H32N4O3S/c1-17-6-8-19(9-7-17)25(3)23(31)29(24(32)27-25)16-22(30)26-15-20(21-5-4-14-33-21)28-12-10-18(2)11-13-28/h4-9,14,18,20H,10-13,15-16H2,1-3H3,(H,26,30)(H,27,32). The maximum atomic E-state index is 13.1. The Bertz CT molecular complexity index is 999. The number of nitrogens with zero attached hydrogens (tertiary/aromatic N) is 2. The summed E-state index contributed by atoms with van der Waals surface area (Å²) in [5.74, 6) is -0.0210. The molecule has 2 aliphatic rings. The number of amides is 4. The topological polar surface area (TPSA) is 81.8 Å². The molecule has 2 fully saturated rings. The predicted octanol–water partition coefficient (Wildman–Crippen LogP) is 3.41. The maximum absolute atomic E-state index is 13.1. The van der Waals surface area contributed by atoms with Gasteiger partial charge in [0.1, 0.15) is 12.1 Å². The number of thiophene rings is 1. The summed E-state index contributed by atoms with van der Waals surface area (Å²) in [6.07, 6.45) is 2.30. The Morgan fingerprint density at radius 2 is 1.91 bits per heavy atom. The van der Waals surface area contributed by atoms with Crippen LogP contribution in [0.1, 0.15) is 48.7 Å². The fourth-order valence-corrected chi connectivity index (χ4v) is 5.42. The number of carbonyl (C=O) groups is 3. The first-order valence-corrected chi connectivity index (χ1v) is 12.4. The summed E-state index contributed by atoms with van der Waals surface area (Å²) >= 11 is 1.69. The van der Waals surface area contributed by atoms with Crippen molar-refractivity contribution in [3.63, 3.8) is 0 Å². The van der Waals surface area contributed by atoms with Crippen molar-refractivity contribution in [2.45, 2.75) is 45.2 Å². The molecule has 7 nitrogen and oxygen atoms in total. The van der Waals surface area contributed by atoms with E-state index in [1.54, 1.807) is 18.3 Å². The number of urea groups is 1. The maximum Gasteiger partial charge on any atom is 0.325 e. The molecule has 0 saturated carbocycles. The zero-order chi connectivity index (χ0) is 23.6. The number of nitrogens with one attached hydrogen (secondary N) is 2. The lowest BCUT2D eigenvalue weighted by Gasteiger charge is -2.36. The van der Waals surface area contributed by atoms with Gasteiger partial charge in [-0.1, -0.05) is 42.8 Å². The number of imide groups is 1. The summed E-state index contributed by atoms with van der Waals surface area (Å²) in [5.41, 5.74) is 0.597. The van der Waals surface area contributed by atoms with E-state index in [1.165, 1.54) is 4.88 Å². The fourth-order valence-electron chi connectivity index (χ4n) is 4.56. The second-order valence-electron chi connectivity index (χ2n) is 9.37. The van der Waals surface area contributed by atoms with Crippen LogP contribution in [0.5, 0.6) is 0 Å². The highest BCUT2D eigenvalue weighted by Gasteiger charge is 2.49. The minimum Gasteiger partial charge on any atom is -0.353 e. The van der Waals surface area contributed by atoms with E-state index >= 15 is 0 Å². The zero-order valence-corrected chi connectivity index (χ0v) is 20.3. The summed E-state index contributed by atoms with van der Waals surface area (Å²) in [5, 5.41) is 7.79. The molecular formula is C25H32N4O3S. The van der Waals surface area contributed by atoms with Gasteiger partial charge < -0.3 is 10.6 Å². The number of hydrogen-bond donors (Lipinski definition) is 2. The molecular weight excluding hydrogens is 436 g/mol. The fraction of sp³-hybridized carbons (Fsp3) is 0.480. The van der Waals surface area contributed by atoms with Crippen LogP contribution in [0.2, 0.25) is 0 Å². The van der Waals surface area contributed by atoms with Crippen LogP contribution in [0.3, 0.4) is 0 Å². The number of likely N-dealkylation sites (tertiary alicyclic amines) is 1. The van der Waals surface area contributed by atoms with Gasteiger partial charge in [-0.15, -0.1) is 11.3 Å². The van der Waals surface area contributed by atoms with E-state index in [-0.39, 0.29) is 18.5 Å². The van der Waals surface area contributed by atoms with Crippen LogP contribution in [0.4, 0.5) is 4.79 Å². The molecule has 176 valence electrons. The summed E-state index contributed by atoms with van der Waals surface area (Å²) < 4.78 is 0. The number of piperidine rings is 1. The van der Waals surface area contributed by atoms with E-state index < -0.39 is 17.5 Å². The number of benzene rings is 1. The summed E-state index contributed by atoms with van der Waals surface area (Å²) in [7, 11) is 0. The molecule has 4 rings (SSSR count). The molecule has 33 heavy (non-hydrogen) atoms. The average molecular weight is 469 g/mol. The van der Waals surface area contributed by atoms with Crippen molar-refractivity contribution in [3.05, 3.63) is 57.8 Å². The molecule has 3 heterocycles. The van der Waals surface area contributed by atoms with Gasteiger partial charge in [0.2, 0.25) is 5.91 Å². The van der Waals surface area contributed by atoms with Gasteiger partial charge in [-0.05, 0) is 62.7 Å². The molecule has 4 amide bonds. The molecule has 8 heteroatoms. The van der Waals surface area contributed by atoms with Crippen molar-refractivity contribution in [3.8, 4) is 0 Å². The third kappa shape index (κ3) is 4.96. The van der Waals surface area contributed by atoms with E-state index in [2.05, 4.69) is 33.9 Å². The molecule has 2 aliphatic heterocycles. The Hall–Kier alpha value is -2.71. The first kappa shape index (κ1) is 23.4. The van der Waals surface area contributed by atoms with E-state index in [0.717, 1.165) is 42.3 Å². The van der Waals surface area contributed by atoms with Gasteiger partial charge in [-0.2, -0.15) is 0 Å². The lowest BCUT2D eigenvalue weighted by Crippen LogP contribution is -2.46. The van der Waals surface area contributed by atoms with E-state index in [9.17, 15) is 14.4 Å². The smallest absolute Gasteiger partial charge is 0.325 e. The van der Waals surface area contributed by atoms with Crippen molar-refractivity contribution in [1.29, 1.82) is 0 Å². The van der Waals surface area contributed by atoms with Crippen LogP contribution in [-0.4, -0.2) is 53.8 Å². The van der Waals surface area contributed by atoms with Crippen LogP contribution in [-0.2, 0) is 15.1 Å². The van der Waals surface area contributed by atoms with Crippen molar-refractivity contribution in [2.24, 2.45) is 5.92 Å². The Kier molecular flexibility index (Phi) is 6.86. The number of hydrogen-bond acceptors (Lipinski definition) is 5. The van der Waals surface area contributed by atoms with Gasteiger partial charge in [0.15, 0.2) is 0 Å². The number of aryl methyl sites for hydroxylation is 1. The quantitative estimate of drug-likeness (QED) is 0.610. The highest BCUT2D eigenvalue weighted by Crippen LogP contribution is 2.30. The van der Waals surface area contributed by atoms with E-state index in [4.69, 9.17) is 0 Å². The van der Waals surface area contributed by atoms with Crippen molar-refractivity contribution >= 4 is 29.2 Å². The van der Waals surface area contributed by atoms with Crippen molar-refractivity contribution in [1.82, 2.24) is 20.4 Å². The molecule has 1 aromatic heterocycles. The second kappa shape index (κ2) is 9.65. The zero-order valence-electron chi connectivity index (χ0n) is 19.5. The molecule has 2 N–H and O–H groups in total. The molecule has 1 aromatic carbocycles. The van der Waals surface area contributed by atoms with Crippen LogP contribution >= 0.6 is 11.3 Å². The summed E-state index contributed by atoms with van der Waals surface area (Å²) in [6.45, 7) is 8.09. The van der Waals surface area contributed by atoms with Gasteiger partial charge in [0, 0.05) is 11.4 Å². The third-order valence-corrected chi connectivity index (χ3v) is 7.80. The van der Waals surface area contributed by atoms with Crippen molar-refractivity contribution < 1.29 is 14.4 Å². The van der Waals surface area contributed by atoms with Crippen molar-refractivity contribution in [2.75, 3.05) is 26.2 Å². The largest absolute Gasteiger partial charge is 0.353 e. The molecule has 0 bridgehead atoms. The second-order valence-corrected chi connectivity index (χ2v) is 10.3. The molecule has 0 aliphatic carbocycles. The first-order chi connectivity index (χ1) is 15.8. The van der Waals surface area contributed by atoms with E-state index in [1.807, 2.05) is 37.3 Å². The minimum atomic E-state index is -1.17. The Morgan fingerprint density at radius 3 is 2.55 bits per heavy atom. The van der Waals surface area contributed by atoms with Gasteiger partial charge in [0.05, 0.1) is 6.04 Å². The monoisotopic (exact) mass is 468 g/mol. The minimum absolute atomic E-state index is 0.0994. The van der Waals surface area contributed by atoms with Crippen LogP contribution in [0.25, 0.3) is 0 Å². The van der Waals surface area contributed by atoms with Gasteiger partial charge in [-0.3, -0.25) is 19.4 Å². The average Bonchev–Trinajstić information content (AvgIpc) is 3.39. The van der Waals surface area contributed by atoms with Gasteiger partial charge in [-0.25, -0.2) is 4.79 Å². The number of carbonyl (C=O) groups excluding carboxylic acids is 3.